The van der Waals surface area contributed by atoms with E-state index in [0.29, 0.717) is 11.6 Å². The van der Waals surface area contributed by atoms with E-state index in [1.165, 1.54) is 0 Å². The third-order valence-corrected chi connectivity index (χ3v) is 3.73. The number of aromatic nitrogens is 2. The molecule has 0 saturated carbocycles. The maximum Gasteiger partial charge on any atom is 0.271 e. The molecule has 1 amide bonds. The van der Waals surface area contributed by atoms with Crippen molar-refractivity contribution in [1.82, 2.24) is 15.5 Å². The van der Waals surface area contributed by atoms with Gasteiger partial charge in [0.1, 0.15) is 5.69 Å². The molecule has 0 fully saturated rings. The number of hydrogen-bond donors (Lipinski definition) is 3. The lowest BCUT2D eigenvalue weighted by molar-refractivity contribution is 0.00588. The van der Waals surface area contributed by atoms with Crippen molar-refractivity contribution in [2.45, 2.75) is 52.6 Å². The van der Waals surface area contributed by atoms with Crippen LogP contribution >= 0.6 is 0 Å². The Labute approximate surface area is 114 Å². The van der Waals surface area contributed by atoms with Gasteiger partial charge >= 0.3 is 0 Å². The lowest BCUT2D eigenvalue weighted by Crippen LogP contribution is -2.45. The van der Waals surface area contributed by atoms with E-state index in [1.54, 1.807) is 13.0 Å². The van der Waals surface area contributed by atoms with Crippen LogP contribution in [-0.2, 0) is 0 Å². The number of hydrogen-bond acceptors (Lipinski definition) is 3. The molecule has 108 valence electrons. The molecule has 0 bridgehead atoms. The van der Waals surface area contributed by atoms with Gasteiger partial charge < -0.3 is 10.4 Å². The molecule has 19 heavy (non-hydrogen) atoms. The molecule has 2 atom stereocenters. The lowest BCUT2D eigenvalue weighted by atomic mass is 9.88. The van der Waals surface area contributed by atoms with Crippen LogP contribution in [0.15, 0.2) is 6.07 Å². The number of carbonyl (C=O) groups is 1. The number of carbonyl (C=O) groups excluding carboxylic acids is 1. The zero-order valence-electron chi connectivity index (χ0n) is 12.4. The van der Waals surface area contributed by atoms with Crippen LogP contribution in [0, 0.1) is 5.92 Å². The van der Waals surface area contributed by atoms with Gasteiger partial charge in [-0.3, -0.25) is 9.89 Å². The largest absolute Gasteiger partial charge is 0.388 e. The summed E-state index contributed by atoms with van der Waals surface area (Å²) in [6, 6.07) is 1.75. The predicted octanol–water partition coefficient (Wildman–Crippen LogP) is 2.06. The van der Waals surface area contributed by atoms with Crippen LogP contribution in [0.4, 0.5) is 0 Å². The first-order chi connectivity index (χ1) is 8.77. The van der Waals surface area contributed by atoms with Crippen molar-refractivity contribution >= 4 is 5.91 Å². The minimum Gasteiger partial charge on any atom is -0.388 e. The van der Waals surface area contributed by atoms with Crippen LogP contribution in [0.5, 0.6) is 0 Å². The van der Waals surface area contributed by atoms with Crippen LogP contribution < -0.4 is 5.32 Å². The molecule has 0 aliphatic carbocycles. The Hall–Kier alpha value is -1.36. The molecule has 0 radical (unpaired) electrons. The van der Waals surface area contributed by atoms with Gasteiger partial charge in [0.25, 0.3) is 5.91 Å². The van der Waals surface area contributed by atoms with Gasteiger partial charge in [0, 0.05) is 12.2 Å². The summed E-state index contributed by atoms with van der Waals surface area (Å²) in [5.74, 6) is 0.169. The SMILES string of the molecule is CCC(C)C(C)(O)CNC(=O)c1cc(C(C)C)[nH]n1. The molecule has 0 spiro atoms. The second-order valence-electron chi connectivity index (χ2n) is 5.71. The fourth-order valence-electron chi connectivity index (χ4n) is 1.71. The third kappa shape index (κ3) is 4.06. The molecular weight excluding hydrogens is 242 g/mol. The molecule has 1 heterocycles. The number of aromatic amines is 1. The zero-order valence-corrected chi connectivity index (χ0v) is 12.4. The summed E-state index contributed by atoms with van der Waals surface area (Å²) < 4.78 is 0. The molecule has 3 N–H and O–H groups in total. The first-order valence-electron chi connectivity index (χ1n) is 6.83. The van der Waals surface area contributed by atoms with Crippen LogP contribution in [0.25, 0.3) is 0 Å². The van der Waals surface area contributed by atoms with E-state index < -0.39 is 5.60 Å². The molecule has 0 aromatic carbocycles. The number of H-pyrrole nitrogens is 1. The van der Waals surface area contributed by atoms with E-state index in [0.717, 1.165) is 12.1 Å². The molecule has 1 aromatic heterocycles. The van der Waals surface area contributed by atoms with Crippen molar-refractivity contribution in [2.24, 2.45) is 5.92 Å². The Kier molecular flexibility index (Phi) is 5.11. The van der Waals surface area contributed by atoms with Crippen molar-refractivity contribution in [3.05, 3.63) is 17.5 Å². The number of nitrogens with one attached hydrogen (secondary N) is 2. The zero-order chi connectivity index (χ0) is 14.6. The van der Waals surface area contributed by atoms with Gasteiger partial charge in [-0.2, -0.15) is 5.10 Å². The number of amides is 1. The molecule has 5 heteroatoms. The van der Waals surface area contributed by atoms with Crippen molar-refractivity contribution in [2.75, 3.05) is 6.54 Å². The molecule has 5 nitrogen and oxygen atoms in total. The molecule has 0 aliphatic heterocycles. The first-order valence-corrected chi connectivity index (χ1v) is 6.83. The molecular formula is C14H25N3O2. The fraction of sp³-hybridized carbons (Fsp3) is 0.714. The van der Waals surface area contributed by atoms with E-state index in [-0.39, 0.29) is 18.4 Å². The van der Waals surface area contributed by atoms with E-state index in [2.05, 4.69) is 15.5 Å². The molecule has 0 saturated heterocycles. The smallest absolute Gasteiger partial charge is 0.271 e. The summed E-state index contributed by atoms with van der Waals surface area (Å²) in [6.07, 6.45) is 0.864. The van der Waals surface area contributed by atoms with Crippen LogP contribution in [0.2, 0.25) is 0 Å². The number of nitrogens with zero attached hydrogens (tertiary/aromatic N) is 1. The Morgan fingerprint density at radius 2 is 2.16 bits per heavy atom. The molecule has 1 rings (SSSR count). The van der Waals surface area contributed by atoms with Crippen molar-refractivity contribution in [3.8, 4) is 0 Å². The maximum absolute atomic E-state index is 11.9. The summed E-state index contributed by atoms with van der Waals surface area (Å²) in [5.41, 5.74) is 0.393. The van der Waals surface area contributed by atoms with Gasteiger partial charge in [-0.25, -0.2) is 0 Å². The highest BCUT2D eigenvalue weighted by Crippen LogP contribution is 2.19. The fourth-order valence-corrected chi connectivity index (χ4v) is 1.71. The highest BCUT2D eigenvalue weighted by molar-refractivity contribution is 5.92. The molecule has 1 aromatic rings. The van der Waals surface area contributed by atoms with Crippen LogP contribution in [-0.4, -0.2) is 33.4 Å². The van der Waals surface area contributed by atoms with Gasteiger partial charge in [0.05, 0.1) is 5.60 Å². The predicted molar refractivity (Wildman–Crippen MR) is 75.1 cm³/mol. The van der Waals surface area contributed by atoms with Gasteiger partial charge in [-0.1, -0.05) is 34.1 Å². The average molecular weight is 267 g/mol. The summed E-state index contributed by atoms with van der Waals surface area (Å²) in [5, 5.41) is 19.8. The Balaban J connectivity index is 2.60. The van der Waals surface area contributed by atoms with E-state index >= 15 is 0 Å². The van der Waals surface area contributed by atoms with E-state index in [1.807, 2.05) is 27.7 Å². The van der Waals surface area contributed by atoms with Crippen molar-refractivity contribution in [3.63, 3.8) is 0 Å². The summed E-state index contributed by atoms with van der Waals surface area (Å²) >= 11 is 0. The Morgan fingerprint density at radius 1 is 1.53 bits per heavy atom. The number of aliphatic hydroxyl groups is 1. The summed E-state index contributed by atoms with van der Waals surface area (Å²) in [6.45, 7) is 10.0. The van der Waals surface area contributed by atoms with E-state index in [4.69, 9.17) is 0 Å². The quantitative estimate of drug-likeness (QED) is 0.738. The average Bonchev–Trinajstić information content (AvgIpc) is 2.84. The second kappa shape index (κ2) is 6.19. The van der Waals surface area contributed by atoms with E-state index in [9.17, 15) is 9.90 Å². The maximum atomic E-state index is 11.9. The highest BCUT2D eigenvalue weighted by Gasteiger charge is 2.27. The standard InChI is InChI=1S/C14H25N3O2/c1-6-10(4)14(5,19)8-15-13(18)12-7-11(9(2)3)16-17-12/h7,9-10,19H,6,8H2,1-5H3,(H,15,18)(H,16,17). The highest BCUT2D eigenvalue weighted by atomic mass is 16.3. The third-order valence-electron chi connectivity index (χ3n) is 3.73. The van der Waals surface area contributed by atoms with Crippen molar-refractivity contribution in [1.29, 1.82) is 0 Å². The van der Waals surface area contributed by atoms with Gasteiger partial charge in [-0.05, 0) is 24.8 Å². The second-order valence-corrected chi connectivity index (χ2v) is 5.71. The lowest BCUT2D eigenvalue weighted by Gasteiger charge is -2.29. The monoisotopic (exact) mass is 267 g/mol. The Bertz CT molecular complexity index is 424. The minimum absolute atomic E-state index is 0.123. The molecule has 0 aliphatic rings. The minimum atomic E-state index is -0.901. The van der Waals surface area contributed by atoms with Crippen LogP contribution in [0.1, 0.15) is 63.1 Å². The van der Waals surface area contributed by atoms with Gasteiger partial charge in [-0.15, -0.1) is 0 Å². The summed E-state index contributed by atoms with van der Waals surface area (Å²) in [7, 11) is 0. The normalized spacial score (nSPS) is 16.2. The first kappa shape index (κ1) is 15.7. The summed E-state index contributed by atoms with van der Waals surface area (Å²) in [4.78, 5) is 11.9. The topological polar surface area (TPSA) is 78.0 Å². The Morgan fingerprint density at radius 3 is 2.63 bits per heavy atom. The van der Waals surface area contributed by atoms with Gasteiger partial charge in [0.15, 0.2) is 0 Å². The van der Waals surface area contributed by atoms with Gasteiger partial charge in [0.2, 0.25) is 0 Å². The van der Waals surface area contributed by atoms with Crippen LogP contribution in [0.3, 0.4) is 0 Å². The molecule has 2 unspecified atom stereocenters. The number of rotatable bonds is 6. The van der Waals surface area contributed by atoms with Crippen molar-refractivity contribution < 1.29 is 9.90 Å².